The van der Waals surface area contributed by atoms with Gasteiger partial charge in [0.05, 0.1) is 6.33 Å². The highest BCUT2D eigenvalue weighted by Crippen LogP contribution is 2.33. The van der Waals surface area contributed by atoms with Crippen LogP contribution < -0.4 is 5.43 Å². The highest BCUT2D eigenvalue weighted by molar-refractivity contribution is 6.28. The van der Waals surface area contributed by atoms with Gasteiger partial charge >= 0.3 is 0 Å². The van der Waals surface area contributed by atoms with Crippen LogP contribution in [0.25, 0.3) is 11.2 Å². The van der Waals surface area contributed by atoms with Crippen molar-refractivity contribution in [1.82, 2.24) is 29.4 Å². The molecule has 1 aliphatic carbocycles. The molecule has 8 heteroatoms. The minimum Gasteiger partial charge on any atom is -0.312 e. The standard InChI is InChI=1S/C26H44ClN7/c1-3-5-15-32(16-6-4-2)17-9-10-21-13-18-33(19-14-21)31-24-23-25(30-26(27)29-24)34(20-28-23)22-11-7-8-12-22/h20-22H,3-19H2,1-2H3,(H,29,30,31). The lowest BCUT2D eigenvalue weighted by molar-refractivity contribution is 0.196. The van der Waals surface area contributed by atoms with E-state index in [9.17, 15) is 0 Å². The van der Waals surface area contributed by atoms with Gasteiger partial charge in [0.25, 0.3) is 0 Å². The van der Waals surface area contributed by atoms with Gasteiger partial charge in [-0.25, -0.2) is 9.99 Å². The summed E-state index contributed by atoms with van der Waals surface area (Å²) in [6, 6.07) is 0.486. The molecule has 0 unspecified atom stereocenters. The number of anilines is 1. The Morgan fingerprint density at radius 2 is 1.65 bits per heavy atom. The van der Waals surface area contributed by atoms with E-state index in [2.05, 4.69) is 48.7 Å². The Kier molecular flexibility index (Phi) is 9.83. The van der Waals surface area contributed by atoms with E-state index >= 15 is 0 Å². The van der Waals surface area contributed by atoms with Gasteiger partial charge < -0.3 is 14.9 Å². The van der Waals surface area contributed by atoms with Crippen LogP contribution in [0.4, 0.5) is 5.82 Å². The number of unbranched alkanes of at least 4 members (excludes halogenated alkanes) is 2. The van der Waals surface area contributed by atoms with Crippen LogP contribution in [0, 0.1) is 5.92 Å². The second kappa shape index (κ2) is 13.0. The predicted molar refractivity (Wildman–Crippen MR) is 141 cm³/mol. The maximum Gasteiger partial charge on any atom is 0.226 e. The topological polar surface area (TPSA) is 62.1 Å². The molecule has 2 fully saturated rings. The Labute approximate surface area is 210 Å². The number of halogens is 1. The van der Waals surface area contributed by atoms with Gasteiger partial charge in [-0.1, -0.05) is 39.5 Å². The second-order valence-electron chi connectivity index (χ2n) is 10.3. The Hall–Kier alpha value is -1.44. The Morgan fingerprint density at radius 1 is 0.971 bits per heavy atom. The normalized spacial score (nSPS) is 18.5. The van der Waals surface area contributed by atoms with Crippen molar-refractivity contribution < 1.29 is 0 Å². The number of hydrogen-bond acceptors (Lipinski definition) is 6. The van der Waals surface area contributed by atoms with E-state index in [1.54, 1.807) is 0 Å². The molecule has 34 heavy (non-hydrogen) atoms. The zero-order chi connectivity index (χ0) is 23.8. The number of nitrogens with one attached hydrogen (secondary N) is 1. The Bertz CT molecular complexity index is 863. The van der Waals surface area contributed by atoms with Gasteiger partial charge in [-0.15, -0.1) is 0 Å². The summed E-state index contributed by atoms with van der Waals surface area (Å²) < 4.78 is 2.21. The lowest BCUT2D eigenvalue weighted by Crippen LogP contribution is -2.38. The average Bonchev–Trinajstić information content (AvgIpc) is 3.51. The summed E-state index contributed by atoms with van der Waals surface area (Å²) in [4.78, 5) is 16.4. The molecule has 190 valence electrons. The maximum absolute atomic E-state index is 6.32. The van der Waals surface area contributed by atoms with Crippen molar-refractivity contribution >= 4 is 28.6 Å². The third kappa shape index (κ3) is 6.82. The van der Waals surface area contributed by atoms with Gasteiger partial charge in [-0.2, -0.15) is 9.97 Å². The van der Waals surface area contributed by atoms with Crippen LogP contribution in [0.5, 0.6) is 0 Å². The molecule has 1 saturated carbocycles. The number of hydrazine groups is 1. The molecule has 3 heterocycles. The van der Waals surface area contributed by atoms with E-state index in [1.165, 1.54) is 96.7 Å². The molecule has 1 aliphatic heterocycles. The van der Waals surface area contributed by atoms with Crippen molar-refractivity contribution in [1.29, 1.82) is 0 Å². The molecule has 2 aliphatic rings. The minimum absolute atomic E-state index is 0.292. The van der Waals surface area contributed by atoms with Gasteiger partial charge in [0.15, 0.2) is 17.0 Å². The SMILES string of the molecule is CCCCN(CCCC)CCCC1CCN(Nc2nc(Cl)nc3c2ncn3C2CCCC2)CC1. The van der Waals surface area contributed by atoms with E-state index in [0.29, 0.717) is 11.3 Å². The molecule has 2 aromatic heterocycles. The first-order valence-electron chi connectivity index (χ1n) is 13.8. The van der Waals surface area contributed by atoms with Crippen LogP contribution in [0.15, 0.2) is 6.33 Å². The van der Waals surface area contributed by atoms with Crippen molar-refractivity contribution in [3.05, 3.63) is 11.6 Å². The van der Waals surface area contributed by atoms with Crippen LogP contribution in [0.1, 0.15) is 96.9 Å². The summed E-state index contributed by atoms with van der Waals surface area (Å²) in [7, 11) is 0. The van der Waals surface area contributed by atoms with Crippen molar-refractivity contribution in [2.75, 3.05) is 38.1 Å². The van der Waals surface area contributed by atoms with Crippen LogP contribution in [0.3, 0.4) is 0 Å². The minimum atomic E-state index is 0.292. The predicted octanol–water partition coefficient (Wildman–Crippen LogP) is 6.32. The quantitative estimate of drug-likeness (QED) is 0.332. The van der Waals surface area contributed by atoms with E-state index in [-0.39, 0.29) is 0 Å². The molecule has 0 spiro atoms. The van der Waals surface area contributed by atoms with Crippen LogP contribution in [0.2, 0.25) is 5.28 Å². The largest absolute Gasteiger partial charge is 0.312 e. The molecule has 0 atom stereocenters. The first-order chi connectivity index (χ1) is 16.7. The summed E-state index contributed by atoms with van der Waals surface area (Å²) in [5.74, 6) is 1.57. The number of fused-ring (bicyclic) bond motifs is 1. The average molecular weight is 490 g/mol. The smallest absolute Gasteiger partial charge is 0.226 e. The molecule has 0 amide bonds. The molecule has 0 radical (unpaired) electrons. The highest BCUT2D eigenvalue weighted by atomic mass is 35.5. The van der Waals surface area contributed by atoms with E-state index in [4.69, 9.17) is 11.6 Å². The molecule has 1 saturated heterocycles. The first kappa shape index (κ1) is 25.6. The lowest BCUT2D eigenvalue weighted by Gasteiger charge is -2.32. The third-order valence-electron chi connectivity index (χ3n) is 7.73. The summed E-state index contributed by atoms with van der Waals surface area (Å²) in [5.41, 5.74) is 5.22. The summed E-state index contributed by atoms with van der Waals surface area (Å²) >= 11 is 6.32. The molecular weight excluding hydrogens is 446 g/mol. The zero-order valence-corrected chi connectivity index (χ0v) is 22.1. The highest BCUT2D eigenvalue weighted by Gasteiger charge is 2.24. The Balaban J connectivity index is 1.26. The fourth-order valence-corrected chi connectivity index (χ4v) is 5.77. The lowest BCUT2D eigenvalue weighted by atomic mass is 9.93. The van der Waals surface area contributed by atoms with Gasteiger partial charge in [-0.3, -0.25) is 0 Å². The van der Waals surface area contributed by atoms with Crippen molar-refractivity contribution in [3.8, 4) is 0 Å². The van der Waals surface area contributed by atoms with E-state index < -0.39 is 0 Å². The number of nitrogens with zero attached hydrogens (tertiary/aromatic N) is 6. The van der Waals surface area contributed by atoms with E-state index in [0.717, 1.165) is 36.0 Å². The summed E-state index contributed by atoms with van der Waals surface area (Å²) in [6.07, 6.45) is 17.2. The van der Waals surface area contributed by atoms with Crippen LogP contribution >= 0.6 is 11.6 Å². The maximum atomic E-state index is 6.32. The number of aromatic nitrogens is 4. The molecular formula is C26H44ClN7. The number of rotatable bonds is 13. The summed E-state index contributed by atoms with van der Waals surface area (Å²) in [5, 5.41) is 2.58. The monoisotopic (exact) mass is 489 g/mol. The van der Waals surface area contributed by atoms with Crippen molar-refractivity contribution in [3.63, 3.8) is 0 Å². The molecule has 1 N–H and O–H groups in total. The fourth-order valence-electron chi connectivity index (χ4n) is 5.60. The Morgan fingerprint density at radius 3 is 2.32 bits per heavy atom. The summed E-state index contributed by atoms with van der Waals surface area (Å²) in [6.45, 7) is 10.5. The number of hydrogen-bond donors (Lipinski definition) is 1. The molecule has 0 bridgehead atoms. The van der Waals surface area contributed by atoms with Gasteiger partial charge in [0, 0.05) is 19.1 Å². The van der Waals surface area contributed by atoms with Crippen LogP contribution in [-0.2, 0) is 0 Å². The zero-order valence-electron chi connectivity index (χ0n) is 21.3. The van der Waals surface area contributed by atoms with Crippen molar-refractivity contribution in [2.45, 2.75) is 96.9 Å². The fraction of sp³-hybridized carbons (Fsp3) is 0.808. The first-order valence-corrected chi connectivity index (χ1v) is 14.2. The molecule has 7 nitrogen and oxygen atoms in total. The second-order valence-corrected chi connectivity index (χ2v) is 10.7. The number of imidazole rings is 1. The van der Waals surface area contributed by atoms with Crippen molar-refractivity contribution in [2.24, 2.45) is 5.92 Å². The third-order valence-corrected chi connectivity index (χ3v) is 7.90. The van der Waals surface area contributed by atoms with E-state index in [1.807, 2.05) is 6.33 Å². The van der Waals surface area contributed by atoms with Gasteiger partial charge in [0.1, 0.15) is 0 Å². The number of piperidine rings is 1. The molecule has 0 aromatic carbocycles. The van der Waals surface area contributed by atoms with Gasteiger partial charge in [-0.05, 0) is 88.5 Å². The van der Waals surface area contributed by atoms with Crippen LogP contribution in [-0.4, -0.2) is 62.2 Å². The van der Waals surface area contributed by atoms with Gasteiger partial charge in [0.2, 0.25) is 5.28 Å². The molecule has 2 aromatic rings. The molecule has 4 rings (SSSR count).